The van der Waals surface area contributed by atoms with Crippen LogP contribution >= 0.6 is 11.6 Å². The van der Waals surface area contributed by atoms with E-state index in [-0.39, 0.29) is 5.78 Å². The second-order valence-electron chi connectivity index (χ2n) is 3.77. The first-order valence-electron chi connectivity index (χ1n) is 5.46. The fourth-order valence-corrected chi connectivity index (χ4v) is 1.94. The zero-order valence-electron chi connectivity index (χ0n) is 9.77. The van der Waals surface area contributed by atoms with Crippen LogP contribution in [0.5, 0.6) is 0 Å². The molecule has 3 nitrogen and oxygen atoms in total. The van der Waals surface area contributed by atoms with Gasteiger partial charge in [0.1, 0.15) is 5.69 Å². The summed E-state index contributed by atoms with van der Waals surface area (Å²) in [6.07, 6.45) is 1.64. The van der Waals surface area contributed by atoms with Crippen LogP contribution in [0.2, 0.25) is 5.02 Å². The Kier molecular flexibility index (Phi) is 3.29. The molecule has 0 atom stereocenters. The molecule has 2 aromatic rings. The molecule has 0 spiro atoms. The zero-order valence-corrected chi connectivity index (χ0v) is 10.5. The molecule has 0 N–H and O–H groups in total. The highest BCUT2D eigenvalue weighted by Gasteiger charge is 2.16. The van der Waals surface area contributed by atoms with Crippen molar-refractivity contribution in [2.75, 3.05) is 0 Å². The number of hydrogen-bond acceptors (Lipinski definition) is 2. The third-order valence-corrected chi connectivity index (χ3v) is 3.17. The molecule has 0 aliphatic carbocycles. The van der Waals surface area contributed by atoms with Crippen molar-refractivity contribution >= 4 is 17.4 Å². The van der Waals surface area contributed by atoms with E-state index in [0.29, 0.717) is 22.8 Å². The minimum atomic E-state index is -0.0376. The van der Waals surface area contributed by atoms with Crippen LogP contribution in [0.15, 0.2) is 30.5 Å². The Labute approximate surface area is 105 Å². The van der Waals surface area contributed by atoms with Gasteiger partial charge in [0.2, 0.25) is 5.78 Å². The lowest BCUT2D eigenvalue weighted by atomic mass is 10.0. The van der Waals surface area contributed by atoms with Crippen molar-refractivity contribution in [3.8, 4) is 0 Å². The molecule has 0 bridgehead atoms. The maximum absolute atomic E-state index is 12.3. The number of carbonyl (C=O) groups excluding carboxylic acids is 1. The van der Waals surface area contributed by atoms with Crippen molar-refractivity contribution in [3.63, 3.8) is 0 Å². The smallest absolute Gasteiger partial charge is 0.211 e. The van der Waals surface area contributed by atoms with Gasteiger partial charge in [-0.15, -0.1) is 0 Å². The van der Waals surface area contributed by atoms with E-state index in [1.54, 1.807) is 35.1 Å². The van der Waals surface area contributed by atoms with Crippen LogP contribution < -0.4 is 0 Å². The Hall–Kier alpha value is -1.61. The number of carbonyl (C=O) groups is 1. The summed E-state index contributed by atoms with van der Waals surface area (Å²) in [4.78, 5) is 12.3. The number of aryl methyl sites for hydroxylation is 1. The van der Waals surface area contributed by atoms with E-state index in [1.807, 2.05) is 13.8 Å². The molecule has 0 saturated heterocycles. The molecule has 0 saturated carbocycles. The summed E-state index contributed by atoms with van der Waals surface area (Å²) in [5.41, 5.74) is 2.04. The maximum Gasteiger partial charge on any atom is 0.211 e. The summed E-state index contributed by atoms with van der Waals surface area (Å²) in [7, 11) is 0. The normalized spacial score (nSPS) is 10.5. The third kappa shape index (κ3) is 2.11. The summed E-state index contributed by atoms with van der Waals surface area (Å²) < 4.78 is 1.68. The van der Waals surface area contributed by atoms with Crippen molar-refractivity contribution < 1.29 is 4.79 Å². The van der Waals surface area contributed by atoms with Gasteiger partial charge < -0.3 is 0 Å². The SMILES string of the molecule is CCn1nccc1C(=O)c1cccc(Cl)c1C. The topological polar surface area (TPSA) is 34.9 Å². The molecular formula is C13H13ClN2O. The van der Waals surface area contributed by atoms with E-state index in [2.05, 4.69) is 5.10 Å². The number of aromatic nitrogens is 2. The van der Waals surface area contributed by atoms with Gasteiger partial charge in [-0.05, 0) is 31.5 Å². The van der Waals surface area contributed by atoms with Crippen LogP contribution in [0.4, 0.5) is 0 Å². The van der Waals surface area contributed by atoms with Crippen LogP contribution in [0.3, 0.4) is 0 Å². The fourth-order valence-electron chi connectivity index (χ4n) is 1.77. The van der Waals surface area contributed by atoms with Crippen LogP contribution in [-0.4, -0.2) is 15.6 Å². The van der Waals surface area contributed by atoms with E-state index >= 15 is 0 Å². The minimum Gasteiger partial charge on any atom is -0.287 e. The Morgan fingerprint density at radius 3 is 2.88 bits per heavy atom. The molecule has 1 heterocycles. The van der Waals surface area contributed by atoms with Crippen LogP contribution in [-0.2, 0) is 6.54 Å². The molecule has 4 heteroatoms. The second-order valence-corrected chi connectivity index (χ2v) is 4.18. The molecule has 0 aliphatic rings. The summed E-state index contributed by atoms with van der Waals surface area (Å²) in [5.74, 6) is -0.0376. The van der Waals surface area contributed by atoms with E-state index in [4.69, 9.17) is 11.6 Å². The first kappa shape index (κ1) is 11.9. The van der Waals surface area contributed by atoms with E-state index < -0.39 is 0 Å². The molecule has 2 rings (SSSR count). The molecule has 0 amide bonds. The lowest BCUT2D eigenvalue weighted by Crippen LogP contribution is -2.11. The van der Waals surface area contributed by atoms with Crippen LogP contribution in [0.1, 0.15) is 28.5 Å². The number of halogens is 1. The van der Waals surface area contributed by atoms with Gasteiger partial charge in [-0.25, -0.2) is 0 Å². The first-order valence-corrected chi connectivity index (χ1v) is 5.84. The largest absolute Gasteiger partial charge is 0.287 e. The van der Waals surface area contributed by atoms with Gasteiger partial charge in [0, 0.05) is 23.3 Å². The van der Waals surface area contributed by atoms with E-state index in [1.165, 1.54) is 0 Å². The molecule has 1 aromatic heterocycles. The molecular weight excluding hydrogens is 236 g/mol. The minimum absolute atomic E-state index is 0.0376. The molecule has 0 radical (unpaired) electrons. The number of rotatable bonds is 3. The van der Waals surface area contributed by atoms with Gasteiger partial charge in [-0.3, -0.25) is 9.48 Å². The molecule has 0 fully saturated rings. The molecule has 88 valence electrons. The predicted octanol–water partition coefficient (Wildman–Crippen LogP) is 3.10. The molecule has 0 unspecified atom stereocenters. The van der Waals surface area contributed by atoms with Gasteiger partial charge in [0.25, 0.3) is 0 Å². The number of hydrogen-bond donors (Lipinski definition) is 0. The highest BCUT2D eigenvalue weighted by atomic mass is 35.5. The Morgan fingerprint density at radius 2 is 2.18 bits per heavy atom. The van der Waals surface area contributed by atoms with Crippen molar-refractivity contribution in [1.82, 2.24) is 9.78 Å². The zero-order chi connectivity index (χ0) is 12.4. The lowest BCUT2D eigenvalue weighted by Gasteiger charge is -2.07. The summed E-state index contributed by atoms with van der Waals surface area (Å²) in [5, 5.41) is 4.71. The van der Waals surface area contributed by atoms with Crippen molar-refractivity contribution in [2.45, 2.75) is 20.4 Å². The maximum atomic E-state index is 12.3. The number of nitrogens with zero attached hydrogens (tertiary/aromatic N) is 2. The summed E-state index contributed by atoms with van der Waals surface area (Å²) in [6.45, 7) is 4.48. The van der Waals surface area contributed by atoms with Crippen LogP contribution in [0.25, 0.3) is 0 Å². The number of benzene rings is 1. The van der Waals surface area contributed by atoms with Gasteiger partial charge in [-0.1, -0.05) is 23.7 Å². The van der Waals surface area contributed by atoms with Crippen molar-refractivity contribution in [1.29, 1.82) is 0 Å². The van der Waals surface area contributed by atoms with Gasteiger partial charge in [-0.2, -0.15) is 5.10 Å². The standard InChI is InChI=1S/C13H13ClN2O/c1-3-16-12(7-8-15-16)13(17)10-5-4-6-11(14)9(10)2/h4-8H,3H2,1-2H3. The summed E-state index contributed by atoms with van der Waals surface area (Å²) in [6, 6.07) is 7.09. The van der Waals surface area contributed by atoms with Gasteiger partial charge in [0.15, 0.2) is 0 Å². The highest BCUT2D eigenvalue weighted by molar-refractivity contribution is 6.32. The average molecular weight is 249 g/mol. The highest BCUT2D eigenvalue weighted by Crippen LogP contribution is 2.21. The molecule has 17 heavy (non-hydrogen) atoms. The second kappa shape index (κ2) is 4.72. The average Bonchev–Trinajstić information content (AvgIpc) is 2.80. The predicted molar refractivity (Wildman–Crippen MR) is 67.5 cm³/mol. The Balaban J connectivity index is 2.48. The van der Waals surface area contributed by atoms with Gasteiger partial charge >= 0.3 is 0 Å². The third-order valence-electron chi connectivity index (χ3n) is 2.76. The number of ketones is 1. The molecule has 1 aromatic carbocycles. The quantitative estimate of drug-likeness (QED) is 0.783. The summed E-state index contributed by atoms with van der Waals surface area (Å²) >= 11 is 6.02. The van der Waals surface area contributed by atoms with Crippen molar-refractivity contribution in [2.24, 2.45) is 0 Å². The lowest BCUT2D eigenvalue weighted by molar-refractivity contribution is 0.102. The van der Waals surface area contributed by atoms with E-state index in [9.17, 15) is 4.79 Å². The molecule has 0 aliphatic heterocycles. The van der Waals surface area contributed by atoms with E-state index in [0.717, 1.165) is 5.56 Å². The Morgan fingerprint density at radius 1 is 1.41 bits per heavy atom. The van der Waals surface area contributed by atoms with Crippen LogP contribution in [0, 0.1) is 6.92 Å². The van der Waals surface area contributed by atoms with Gasteiger partial charge in [0.05, 0.1) is 0 Å². The Bertz CT molecular complexity index is 560. The fraction of sp³-hybridized carbons (Fsp3) is 0.231. The first-order chi connectivity index (χ1) is 8.15. The monoisotopic (exact) mass is 248 g/mol. The van der Waals surface area contributed by atoms with Crippen molar-refractivity contribution in [3.05, 3.63) is 52.3 Å².